The highest BCUT2D eigenvalue weighted by Crippen LogP contribution is 2.40. The summed E-state index contributed by atoms with van der Waals surface area (Å²) in [5.74, 6) is -0.293. The topological polar surface area (TPSA) is 35.5 Å². The summed E-state index contributed by atoms with van der Waals surface area (Å²) in [5, 5.41) is 0. The fraction of sp³-hybridized carbons (Fsp3) is 0.174. The van der Waals surface area contributed by atoms with Crippen LogP contribution in [-0.4, -0.2) is 12.6 Å². The molecule has 1 aliphatic heterocycles. The summed E-state index contributed by atoms with van der Waals surface area (Å²) < 4.78 is 11.1. The molecule has 3 nitrogen and oxygen atoms in total. The largest absolute Gasteiger partial charge is 0.462 e. The molecular formula is C23H20O3. The van der Waals surface area contributed by atoms with Crippen molar-refractivity contribution in [1.29, 1.82) is 0 Å². The van der Waals surface area contributed by atoms with Crippen molar-refractivity contribution in [1.82, 2.24) is 0 Å². The number of benzene rings is 3. The molecule has 0 amide bonds. The Morgan fingerprint density at radius 2 is 1.54 bits per heavy atom. The number of rotatable bonds is 4. The Morgan fingerprint density at radius 1 is 0.923 bits per heavy atom. The van der Waals surface area contributed by atoms with Gasteiger partial charge in [-0.1, -0.05) is 60.7 Å². The van der Waals surface area contributed by atoms with Gasteiger partial charge in [-0.2, -0.15) is 0 Å². The van der Waals surface area contributed by atoms with Crippen LogP contribution in [0.15, 0.2) is 66.7 Å². The second kappa shape index (κ2) is 7.14. The number of ether oxygens (including phenoxy) is 2. The van der Waals surface area contributed by atoms with Gasteiger partial charge in [0.15, 0.2) is 0 Å². The number of carbonyl (C=O) groups is 1. The van der Waals surface area contributed by atoms with Crippen molar-refractivity contribution in [3.8, 4) is 22.3 Å². The summed E-state index contributed by atoms with van der Waals surface area (Å²) >= 11 is 0. The van der Waals surface area contributed by atoms with Gasteiger partial charge in [0.2, 0.25) is 0 Å². The molecule has 0 saturated heterocycles. The number of hydrogen-bond acceptors (Lipinski definition) is 3. The Morgan fingerprint density at radius 3 is 2.19 bits per heavy atom. The third kappa shape index (κ3) is 2.91. The lowest BCUT2D eigenvalue weighted by Gasteiger charge is -2.17. The zero-order valence-electron chi connectivity index (χ0n) is 14.7. The summed E-state index contributed by atoms with van der Waals surface area (Å²) in [5.41, 5.74) is 6.90. The predicted molar refractivity (Wildman–Crippen MR) is 102 cm³/mol. The fourth-order valence-corrected chi connectivity index (χ4v) is 3.54. The smallest absolute Gasteiger partial charge is 0.338 e. The second-order valence-electron chi connectivity index (χ2n) is 6.25. The zero-order valence-corrected chi connectivity index (χ0v) is 14.7. The molecule has 0 aliphatic carbocycles. The average molecular weight is 344 g/mol. The summed E-state index contributed by atoms with van der Waals surface area (Å²) in [4.78, 5) is 12.8. The van der Waals surface area contributed by atoms with Crippen molar-refractivity contribution in [2.45, 2.75) is 20.1 Å². The Bertz CT molecular complexity index is 931. The monoisotopic (exact) mass is 344 g/mol. The average Bonchev–Trinajstić information content (AvgIpc) is 3.18. The summed E-state index contributed by atoms with van der Waals surface area (Å²) in [6.07, 6.45) is 0. The lowest BCUT2D eigenvalue weighted by molar-refractivity contribution is 0.0527. The van der Waals surface area contributed by atoms with Gasteiger partial charge in [0.25, 0.3) is 0 Å². The van der Waals surface area contributed by atoms with Gasteiger partial charge in [-0.25, -0.2) is 4.79 Å². The van der Waals surface area contributed by atoms with E-state index in [1.807, 2.05) is 61.5 Å². The summed E-state index contributed by atoms with van der Waals surface area (Å²) in [6.45, 7) is 3.24. The fourth-order valence-electron chi connectivity index (χ4n) is 3.54. The minimum Gasteiger partial charge on any atom is -0.462 e. The van der Waals surface area contributed by atoms with E-state index in [1.54, 1.807) is 0 Å². The SMILES string of the molecule is CCOC(=O)c1cc(-c2ccccc2)c2c(c1-c1ccccc1)COC2. The van der Waals surface area contributed by atoms with Crippen LogP contribution < -0.4 is 0 Å². The highest BCUT2D eigenvalue weighted by Gasteiger charge is 2.27. The van der Waals surface area contributed by atoms with Crippen molar-refractivity contribution in [2.24, 2.45) is 0 Å². The van der Waals surface area contributed by atoms with Gasteiger partial charge in [-0.05, 0) is 40.8 Å². The van der Waals surface area contributed by atoms with Crippen LogP contribution in [0.5, 0.6) is 0 Å². The van der Waals surface area contributed by atoms with Gasteiger partial charge in [0, 0.05) is 5.56 Å². The molecule has 0 saturated carbocycles. The second-order valence-corrected chi connectivity index (χ2v) is 6.25. The van der Waals surface area contributed by atoms with Crippen molar-refractivity contribution < 1.29 is 14.3 Å². The lowest BCUT2D eigenvalue weighted by Crippen LogP contribution is -2.09. The first-order valence-corrected chi connectivity index (χ1v) is 8.84. The minimum absolute atomic E-state index is 0.293. The molecule has 4 rings (SSSR count). The Labute approximate surface area is 153 Å². The normalized spacial score (nSPS) is 12.7. The first kappa shape index (κ1) is 16.6. The maximum absolute atomic E-state index is 12.8. The van der Waals surface area contributed by atoms with Gasteiger partial charge in [-0.15, -0.1) is 0 Å². The molecular weight excluding hydrogens is 324 g/mol. The van der Waals surface area contributed by atoms with Crippen LogP contribution >= 0.6 is 0 Å². The first-order chi connectivity index (χ1) is 12.8. The van der Waals surface area contributed by atoms with Crippen LogP contribution in [0.3, 0.4) is 0 Å². The molecule has 0 aromatic heterocycles. The third-order valence-corrected chi connectivity index (χ3v) is 4.68. The molecule has 3 heteroatoms. The van der Waals surface area contributed by atoms with Gasteiger partial charge >= 0.3 is 5.97 Å². The molecule has 0 radical (unpaired) electrons. The number of esters is 1. The zero-order chi connectivity index (χ0) is 17.9. The van der Waals surface area contributed by atoms with Crippen LogP contribution in [0.25, 0.3) is 22.3 Å². The quantitative estimate of drug-likeness (QED) is 0.608. The van der Waals surface area contributed by atoms with Crippen molar-refractivity contribution in [3.05, 3.63) is 83.4 Å². The molecule has 3 aromatic rings. The molecule has 0 atom stereocenters. The van der Waals surface area contributed by atoms with E-state index in [9.17, 15) is 4.79 Å². The van der Waals surface area contributed by atoms with E-state index < -0.39 is 0 Å². The van der Waals surface area contributed by atoms with E-state index in [0.29, 0.717) is 25.4 Å². The lowest BCUT2D eigenvalue weighted by atomic mass is 9.87. The van der Waals surface area contributed by atoms with Crippen molar-refractivity contribution in [2.75, 3.05) is 6.61 Å². The third-order valence-electron chi connectivity index (χ3n) is 4.68. The minimum atomic E-state index is -0.293. The molecule has 0 fully saturated rings. The van der Waals surface area contributed by atoms with E-state index in [0.717, 1.165) is 33.4 Å². The van der Waals surface area contributed by atoms with Crippen LogP contribution in [0.1, 0.15) is 28.4 Å². The molecule has 26 heavy (non-hydrogen) atoms. The van der Waals surface area contributed by atoms with E-state index in [-0.39, 0.29) is 5.97 Å². The highest BCUT2D eigenvalue weighted by molar-refractivity contribution is 6.00. The molecule has 0 bridgehead atoms. The van der Waals surface area contributed by atoms with Crippen LogP contribution in [0.2, 0.25) is 0 Å². The maximum atomic E-state index is 12.8. The van der Waals surface area contributed by atoms with Crippen molar-refractivity contribution >= 4 is 5.97 Å². The van der Waals surface area contributed by atoms with E-state index in [4.69, 9.17) is 9.47 Å². The molecule has 1 heterocycles. The Balaban J connectivity index is 2.00. The van der Waals surface area contributed by atoms with Crippen molar-refractivity contribution in [3.63, 3.8) is 0 Å². The van der Waals surface area contributed by atoms with Crippen LogP contribution in [0.4, 0.5) is 0 Å². The van der Waals surface area contributed by atoms with E-state index in [1.165, 1.54) is 0 Å². The van der Waals surface area contributed by atoms with Gasteiger partial charge in [-0.3, -0.25) is 0 Å². The first-order valence-electron chi connectivity index (χ1n) is 8.84. The van der Waals surface area contributed by atoms with E-state index >= 15 is 0 Å². The van der Waals surface area contributed by atoms with Gasteiger partial charge in [0.05, 0.1) is 25.4 Å². The summed E-state index contributed by atoms with van der Waals surface area (Å²) in [6, 6.07) is 22.1. The maximum Gasteiger partial charge on any atom is 0.338 e. The number of fused-ring (bicyclic) bond motifs is 1. The summed E-state index contributed by atoms with van der Waals surface area (Å²) in [7, 11) is 0. The molecule has 0 unspecified atom stereocenters. The van der Waals surface area contributed by atoms with E-state index in [2.05, 4.69) is 12.1 Å². The Hall–Kier alpha value is -2.91. The van der Waals surface area contributed by atoms with Crippen LogP contribution in [-0.2, 0) is 22.7 Å². The molecule has 1 aliphatic rings. The standard InChI is InChI=1S/C23H20O3/c1-2-26-23(24)19-13-18(16-9-5-3-6-10-16)20-14-25-15-21(20)22(19)17-11-7-4-8-12-17/h3-13H,2,14-15H2,1H3. The molecule has 130 valence electrons. The van der Waals surface area contributed by atoms with Gasteiger partial charge in [0.1, 0.15) is 0 Å². The van der Waals surface area contributed by atoms with Crippen LogP contribution in [0, 0.1) is 0 Å². The predicted octanol–water partition coefficient (Wildman–Crippen LogP) is 5.23. The van der Waals surface area contributed by atoms with Gasteiger partial charge < -0.3 is 9.47 Å². The molecule has 0 spiro atoms. The molecule has 0 N–H and O–H groups in total. The number of hydrogen-bond donors (Lipinski definition) is 0. The molecule has 3 aromatic carbocycles. The number of carbonyl (C=O) groups excluding carboxylic acids is 1. The highest BCUT2D eigenvalue weighted by atomic mass is 16.5. The Kier molecular flexibility index (Phi) is 4.55.